The molecule has 0 fully saturated rings. The van der Waals surface area contributed by atoms with Crippen molar-refractivity contribution in [1.82, 2.24) is 44.5 Å². The zero-order valence-electron chi connectivity index (χ0n) is 17.8. The third kappa shape index (κ3) is 3.16. The van der Waals surface area contributed by atoms with Gasteiger partial charge in [0.15, 0.2) is 0 Å². The number of fused-ring (bicyclic) bond motifs is 2. The van der Waals surface area contributed by atoms with Gasteiger partial charge in [0.25, 0.3) is 12.3 Å². The Balaban J connectivity index is 1.41. The van der Waals surface area contributed by atoms with Crippen LogP contribution in [0.2, 0.25) is 0 Å². The Kier molecular flexibility index (Phi) is 4.50. The van der Waals surface area contributed by atoms with Crippen molar-refractivity contribution < 1.29 is 18.0 Å². The number of halogens is 2. The number of carbonyl (C=O) groups is 1. The first kappa shape index (κ1) is 20.2. The molecule has 0 saturated heterocycles. The van der Waals surface area contributed by atoms with Crippen molar-refractivity contribution in [3.8, 4) is 11.5 Å². The Morgan fingerprint density at radius 2 is 2.21 bits per heavy atom. The number of pyridine rings is 1. The van der Waals surface area contributed by atoms with Gasteiger partial charge in [-0.3, -0.25) is 9.48 Å². The van der Waals surface area contributed by atoms with E-state index in [1.54, 1.807) is 42.7 Å². The average molecular weight is 465 g/mol. The maximum atomic E-state index is 13.6. The third-order valence-corrected chi connectivity index (χ3v) is 5.81. The van der Waals surface area contributed by atoms with Crippen molar-refractivity contribution in [2.24, 2.45) is 7.05 Å². The Bertz CT molecular complexity index is 1520. The van der Waals surface area contributed by atoms with Crippen LogP contribution in [0.3, 0.4) is 0 Å². The van der Waals surface area contributed by atoms with E-state index in [1.807, 2.05) is 0 Å². The van der Waals surface area contributed by atoms with Crippen molar-refractivity contribution >= 4 is 11.4 Å². The Labute approximate surface area is 190 Å². The summed E-state index contributed by atoms with van der Waals surface area (Å²) in [5.74, 6) is -0.535. The van der Waals surface area contributed by atoms with Gasteiger partial charge in [-0.25, -0.2) is 18.3 Å². The maximum absolute atomic E-state index is 13.6. The molecule has 1 aliphatic heterocycles. The van der Waals surface area contributed by atoms with Gasteiger partial charge < -0.3 is 14.3 Å². The lowest BCUT2D eigenvalue weighted by Gasteiger charge is -2.32. The van der Waals surface area contributed by atoms with Crippen LogP contribution in [-0.4, -0.2) is 56.9 Å². The molecule has 1 amide bonds. The van der Waals surface area contributed by atoms with E-state index in [0.29, 0.717) is 29.9 Å². The zero-order valence-corrected chi connectivity index (χ0v) is 17.8. The second kappa shape index (κ2) is 7.57. The van der Waals surface area contributed by atoms with Crippen molar-refractivity contribution in [1.29, 1.82) is 0 Å². The van der Waals surface area contributed by atoms with Crippen LogP contribution in [0.1, 0.15) is 45.8 Å². The van der Waals surface area contributed by atoms with Crippen LogP contribution in [-0.2, 0) is 13.5 Å². The fourth-order valence-corrected chi connectivity index (χ4v) is 4.25. The molecule has 34 heavy (non-hydrogen) atoms. The highest BCUT2D eigenvalue weighted by atomic mass is 19.3. The van der Waals surface area contributed by atoms with Crippen LogP contribution in [0.25, 0.3) is 17.0 Å². The topological polar surface area (TPSA) is 123 Å². The molecule has 0 spiro atoms. The highest BCUT2D eigenvalue weighted by Crippen LogP contribution is 2.35. The quantitative estimate of drug-likeness (QED) is 0.433. The van der Waals surface area contributed by atoms with E-state index in [4.69, 9.17) is 4.42 Å². The van der Waals surface area contributed by atoms with Gasteiger partial charge in [-0.15, -0.1) is 10.2 Å². The molecule has 1 N–H and O–H groups in total. The molecule has 11 nitrogen and oxygen atoms in total. The Hall–Kier alpha value is -4.42. The molecule has 6 rings (SSSR count). The number of H-pyrrole nitrogens is 1. The second-order valence-electron chi connectivity index (χ2n) is 7.90. The molecule has 1 atom stereocenters. The number of aromatic nitrogens is 8. The van der Waals surface area contributed by atoms with E-state index in [1.165, 1.54) is 21.5 Å². The standard InChI is InChI=1S/C21H17F2N9O2/c1-30-9-11(8-26-30)19-27-28-20(34-19)21(33)31-6-4-13-16(25-10-24-13)17(31)14-7-15-12(18(22)23)3-2-5-32(15)29-14/h2-3,5,7-10,17-18H,4,6H2,1H3,(H,24,25)/t17-/m1/s1. The molecule has 172 valence electrons. The summed E-state index contributed by atoms with van der Waals surface area (Å²) >= 11 is 0. The van der Waals surface area contributed by atoms with Gasteiger partial charge in [-0.2, -0.15) is 10.2 Å². The summed E-state index contributed by atoms with van der Waals surface area (Å²) in [5.41, 5.74) is 2.55. The molecule has 0 unspecified atom stereocenters. The predicted molar refractivity (Wildman–Crippen MR) is 112 cm³/mol. The van der Waals surface area contributed by atoms with Crippen molar-refractivity contribution in [3.63, 3.8) is 0 Å². The van der Waals surface area contributed by atoms with Crippen molar-refractivity contribution in [3.05, 3.63) is 71.7 Å². The number of amides is 1. The van der Waals surface area contributed by atoms with Gasteiger partial charge in [0, 0.05) is 43.7 Å². The summed E-state index contributed by atoms with van der Waals surface area (Å²) < 4.78 is 35.7. The number of aromatic amines is 1. The molecule has 6 heterocycles. The molecule has 0 saturated carbocycles. The SMILES string of the molecule is Cn1cc(-c2nnc(C(=O)N3CCc4[nH]cnc4[C@H]3c3cc4c(C(F)F)cccn4n3)o2)cn1. The fourth-order valence-electron chi connectivity index (χ4n) is 4.25. The molecule has 0 bridgehead atoms. The second-order valence-corrected chi connectivity index (χ2v) is 7.90. The van der Waals surface area contributed by atoms with Crippen LogP contribution in [0, 0.1) is 0 Å². The van der Waals surface area contributed by atoms with Crippen molar-refractivity contribution in [2.75, 3.05) is 6.54 Å². The molecule has 5 aromatic heterocycles. The predicted octanol–water partition coefficient (Wildman–Crippen LogP) is 2.57. The monoisotopic (exact) mass is 465 g/mol. The first-order chi connectivity index (χ1) is 16.5. The van der Waals surface area contributed by atoms with Gasteiger partial charge >= 0.3 is 11.8 Å². The molecule has 1 aliphatic rings. The molecule has 0 aromatic carbocycles. The highest BCUT2D eigenvalue weighted by Gasteiger charge is 2.38. The molecule has 0 radical (unpaired) electrons. The van der Waals surface area contributed by atoms with Crippen molar-refractivity contribution in [2.45, 2.75) is 18.9 Å². The fraction of sp³-hybridized carbons (Fsp3) is 0.238. The van der Waals surface area contributed by atoms with Gasteiger partial charge in [-0.05, 0) is 18.2 Å². The van der Waals surface area contributed by atoms with Gasteiger partial charge in [-0.1, -0.05) is 0 Å². The largest absolute Gasteiger partial charge is 0.412 e. The molecular formula is C21H17F2N9O2. The van der Waals surface area contributed by atoms with E-state index < -0.39 is 18.4 Å². The average Bonchev–Trinajstić information content (AvgIpc) is 3.62. The van der Waals surface area contributed by atoms with Gasteiger partial charge in [0.05, 0.1) is 35.0 Å². The minimum absolute atomic E-state index is 0.143. The molecular weight excluding hydrogens is 448 g/mol. The summed E-state index contributed by atoms with van der Waals surface area (Å²) in [4.78, 5) is 22.5. The normalized spacial score (nSPS) is 15.9. The highest BCUT2D eigenvalue weighted by molar-refractivity contribution is 5.90. The molecule has 5 aromatic rings. The summed E-state index contributed by atoms with van der Waals surface area (Å²) in [5, 5.41) is 16.5. The molecule has 13 heteroatoms. The minimum Gasteiger partial charge on any atom is -0.412 e. The molecule has 0 aliphatic carbocycles. The zero-order chi connectivity index (χ0) is 23.4. The number of alkyl halides is 2. The number of hydrogen-bond acceptors (Lipinski definition) is 7. The maximum Gasteiger partial charge on any atom is 0.312 e. The number of nitrogens with one attached hydrogen (secondary N) is 1. The number of rotatable bonds is 4. The lowest BCUT2D eigenvalue weighted by Crippen LogP contribution is -2.41. The number of carbonyl (C=O) groups excluding carboxylic acids is 1. The smallest absolute Gasteiger partial charge is 0.312 e. The number of imidazole rings is 1. The number of hydrogen-bond donors (Lipinski definition) is 1. The number of nitrogens with zero attached hydrogens (tertiary/aromatic N) is 8. The lowest BCUT2D eigenvalue weighted by atomic mass is 9.99. The summed E-state index contributed by atoms with van der Waals surface area (Å²) in [6, 6.07) is 3.70. The van der Waals surface area contributed by atoms with Crippen LogP contribution in [0.15, 0.2) is 47.5 Å². The van der Waals surface area contributed by atoms with Crippen LogP contribution in [0.4, 0.5) is 8.78 Å². The number of aryl methyl sites for hydroxylation is 1. The summed E-state index contributed by atoms with van der Waals surface area (Å²) in [6.07, 6.45) is 4.24. The van der Waals surface area contributed by atoms with Gasteiger partial charge in [0.2, 0.25) is 0 Å². The van der Waals surface area contributed by atoms with E-state index >= 15 is 0 Å². The third-order valence-electron chi connectivity index (χ3n) is 5.81. The summed E-state index contributed by atoms with van der Waals surface area (Å²) in [6.45, 7) is 0.318. The lowest BCUT2D eigenvalue weighted by molar-refractivity contribution is 0.0646. The van der Waals surface area contributed by atoms with E-state index in [0.717, 1.165) is 5.69 Å². The van der Waals surface area contributed by atoms with E-state index in [2.05, 4.69) is 30.4 Å². The van der Waals surface area contributed by atoms with E-state index in [9.17, 15) is 13.6 Å². The Morgan fingerprint density at radius 3 is 3.00 bits per heavy atom. The van der Waals surface area contributed by atoms with Crippen LogP contribution in [0.5, 0.6) is 0 Å². The summed E-state index contributed by atoms with van der Waals surface area (Å²) in [7, 11) is 1.75. The van der Waals surface area contributed by atoms with Crippen LogP contribution < -0.4 is 0 Å². The first-order valence-corrected chi connectivity index (χ1v) is 10.4. The first-order valence-electron chi connectivity index (χ1n) is 10.4. The minimum atomic E-state index is -2.66. The Morgan fingerprint density at radius 1 is 1.32 bits per heavy atom. The van der Waals surface area contributed by atoms with E-state index in [-0.39, 0.29) is 22.9 Å². The van der Waals surface area contributed by atoms with Crippen LogP contribution >= 0.6 is 0 Å². The van der Waals surface area contributed by atoms with Gasteiger partial charge in [0.1, 0.15) is 6.04 Å².